The normalized spacial score (nSPS) is 11.3. The highest BCUT2D eigenvalue weighted by Crippen LogP contribution is 2.47. The molecule has 2 nitrogen and oxygen atoms in total. The highest BCUT2D eigenvalue weighted by Gasteiger charge is 2.22. The van der Waals surface area contributed by atoms with Gasteiger partial charge in [0.15, 0.2) is 0 Å². The Balaban J connectivity index is 1.08. The van der Waals surface area contributed by atoms with Gasteiger partial charge in [0.25, 0.3) is 0 Å². The topological polar surface area (TPSA) is 8.17 Å². The van der Waals surface area contributed by atoms with Crippen molar-refractivity contribution in [2.24, 2.45) is 0 Å². The first-order valence-corrected chi connectivity index (χ1v) is 22.7. The van der Waals surface area contributed by atoms with Crippen LogP contribution in [0.4, 0.5) is 17.1 Å². The molecule has 0 atom stereocenters. The number of nitrogens with zero attached hydrogens (tertiary/aromatic N) is 2. The lowest BCUT2D eigenvalue weighted by Gasteiger charge is -2.30. The second-order valence-electron chi connectivity index (χ2n) is 16.9. The van der Waals surface area contributed by atoms with Gasteiger partial charge in [-0.2, -0.15) is 0 Å². The maximum absolute atomic E-state index is 2.46. The summed E-state index contributed by atoms with van der Waals surface area (Å²) in [6, 6.07) is 97.1. The second kappa shape index (κ2) is 16.8. The predicted octanol–water partition coefficient (Wildman–Crippen LogP) is 17.7. The van der Waals surface area contributed by atoms with Crippen molar-refractivity contribution >= 4 is 49.6 Å². The lowest BCUT2D eigenvalue weighted by Crippen LogP contribution is -2.12. The van der Waals surface area contributed by atoms with Crippen molar-refractivity contribution in [2.75, 3.05) is 4.90 Å². The molecule has 0 aliphatic carbocycles. The van der Waals surface area contributed by atoms with Crippen molar-refractivity contribution < 1.29 is 0 Å². The molecule has 0 unspecified atom stereocenters. The molecule has 0 spiro atoms. The van der Waals surface area contributed by atoms with Crippen LogP contribution in [0.2, 0.25) is 0 Å². The van der Waals surface area contributed by atoms with E-state index in [1.807, 2.05) is 0 Å². The number of hydrogen-bond donors (Lipinski definition) is 0. The van der Waals surface area contributed by atoms with Crippen molar-refractivity contribution in [1.29, 1.82) is 0 Å². The van der Waals surface area contributed by atoms with Crippen LogP contribution in [0.25, 0.3) is 93.9 Å². The van der Waals surface area contributed by atoms with Gasteiger partial charge in [-0.15, -0.1) is 0 Å². The summed E-state index contributed by atoms with van der Waals surface area (Å²) in [6.45, 7) is 0. The molecule has 0 N–H and O–H groups in total. The Labute approximate surface area is 385 Å². The van der Waals surface area contributed by atoms with Gasteiger partial charge in [-0.05, 0) is 122 Å². The van der Waals surface area contributed by atoms with E-state index < -0.39 is 0 Å². The fraction of sp³-hybridized carbons (Fsp3) is 0. The molecule has 0 bridgehead atoms. The molecule has 1 aromatic heterocycles. The van der Waals surface area contributed by atoms with E-state index in [0.717, 1.165) is 45.0 Å². The first kappa shape index (κ1) is 38.9. The van der Waals surface area contributed by atoms with Gasteiger partial charge in [-0.3, -0.25) is 0 Å². The molecule has 66 heavy (non-hydrogen) atoms. The Morgan fingerprint density at radius 2 is 0.773 bits per heavy atom. The zero-order valence-electron chi connectivity index (χ0n) is 36.3. The molecule has 0 saturated heterocycles. The minimum Gasteiger partial charge on any atom is -0.310 e. The molecule has 0 saturated carbocycles. The van der Waals surface area contributed by atoms with E-state index >= 15 is 0 Å². The maximum atomic E-state index is 2.46. The van der Waals surface area contributed by atoms with Crippen LogP contribution in [0.5, 0.6) is 0 Å². The van der Waals surface area contributed by atoms with Crippen LogP contribution in [-0.4, -0.2) is 4.57 Å². The van der Waals surface area contributed by atoms with E-state index in [-0.39, 0.29) is 0 Å². The number of anilines is 3. The van der Waals surface area contributed by atoms with Crippen LogP contribution in [-0.2, 0) is 0 Å². The molecule has 11 aromatic carbocycles. The molecule has 0 aliphatic rings. The summed E-state index contributed by atoms with van der Waals surface area (Å²) >= 11 is 0. The van der Waals surface area contributed by atoms with E-state index in [4.69, 9.17) is 0 Å². The molecule has 0 aliphatic heterocycles. The molecule has 0 amide bonds. The standard InChI is InChI=1S/C64H44N2/c1-4-19-45(20-5-1)51-37-40-64(60(43-51)48-23-8-3-9-24-48)65(54-38-39-56(46-21-6-2-7-22-46)61(44-54)57-34-18-26-47-25-10-11-31-55(47)57)52-29-16-27-49(41-52)50-28-17-30-53(42-50)66-62-35-14-12-32-58(62)59-33-13-15-36-63(59)66/h1-44H. The molecule has 0 fully saturated rings. The first-order chi connectivity index (χ1) is 32.7. The summed E-state index contributed by atoms with van der Waals surface area (Å²) < 4.78 is 2.40. The quantitative estimate of drug-likeness (QED) is 0.141. The predicted molar refractivity (Wildman–Crippen MR) is 280 cm³/mol. The monoisotopic (exact) mass is 840 g/mol. The number of benzene rings is 11. The molecule has 310 valence electrons. The van der Waals surface area contributed by atoms with E-state index in [2.05, 4.69) is 276 Å². The highest BCUT2D eigenvalue weighted by atomic mass is 15.1. The van der Waals surface area contributed by atoms with Crippen molar-refractivity contribution in [3.63, 3.8) is 0 Å². The fourth-order valence-electron chi connectivity index (χ4n) is 9.89. The summed E-state index contributed by atoms with van der Waals surface area (Å²) in [6.07, 6.45) is 0. The molecule has 0 radical (unpaired) electrons. The molecule has 12 rings (SSSR count). The summed E-state index contributed by atoms with van der Waals surface area (Å²) in [7, 11) is 0. The van der Waals surface area contributed by atoms with Crippen LogP contribution in [0.1, 0.15) is 0 Å². The highest BCUT2D eigenvalue weighted by molar-refractivity contribution is 6.09. The SMILES string of the molecule is c1ccc(-c2ccc(N(c3cccc(-c4cccc(-n5c6ccccc6c6ccccc65)c4)c3)c3ccc(-c4ccccc4)c(-c4cccc5ccccc45)c3)c(-c3ccccc3)c2)cc1. The lowest BCUT2D eigenvalue weighted by atomic mass is 9.90. The van der Waals surface area contributed by atoms with Gasteiger partial charge in [0.05, 0.1) is 16.7 Å². The van der Waals surface area contributed by atoms with Crippen molar-refractivity contribution in [3.05, 3.63) is 267 Å². The van der Waals surface area contributed by atoms with Gasteiger partial charge in [0.2, 0.25) is 0 Å². The number of rotatable bonds is 9. The van der Waals surface area contributed by atoms with Crippen molar-refractivity contribution in [3.8, 4) is 61.3 Å². The largest absolute Gasteiger partial charge is 0.310 e. The molecule has 12 aromatic rings. The van der Waals surface area contributed by atoms with E-state index in [1.165, 1.54) is 66.0 Å². The zero-order chi connectivity index (χ0) is 43.8. The Morgan fingerprint density at radius 3 is 1.48 bits per heavy atom. The number of aromatic nitrogens is 1. The van der Waals surface area contributed by atoms with Crippen LogP contribution in [0.15, 0.2) is 267 Å². The first-order valence-electron chi connectivity index (χ1n) is 22.7. The van der Waals surface area contributed by atoms with Crippen LogP contribution in [0, 0.1) is 0 Å². The van der Waals surface area contributed by atoms with Gasteiger partial charge >= 0.3 is 0 Å². The zero-order valence-corrected chi connectivity index (χ0v) is 36.3. The maximum Gasteiger partial charge on any atom is 0.0541 e. The van der Waals surface area contributed by atoms with E-state index in [1.54, 1.807) is 0 Å². The van der Waals surface area contributed by atoms with E-state index in [0.29, 0.717) is 0 Å². The van der Waals surface area contributed by atoms with Gasteiger partial charge < -0.3 is 9.47 Å². The summed E-state index contributed by atoms with van der Waals surface area (Å²) in [5.41, 5.74) is 18.4. The summed E-state index contributed by atoms with van der Waals surface area (Å²) in [4.78, 5) is 2.46. The minimum absolute atomic E-state index is 1.07. The Morgan fingerprint density at radius 1 is 0.258 bits per heavy atom. The van der Waals surface area contributed by atoms with Crippen LogP contribution >= 0.6 is 0 Å². The van der Waals surface area contributed by atoms with Gasteiger partial charge in [-0.25, -0.2) is 0 Å². The summed E-state index contributed by atoms with van der Waals surface area (Å²) in [5.74, 6) is 0. The minimum atomic E-state index is 1.07. The van der Waals surface area contributed by atoms with Crippen LogP contribution in [0.3, 0.4) is 0 Å². The Bertz CT molecular complexity index is 3640. The smallest absolute Gasteiger partial charge is 0.0541 e. The lowest BCUT2D eigenvalue weighted by molar-refractivity contribution is 1.18. The van der Waals surface area contributed by atoms with Gasteiger partial charge in [0, 0.05) is 33.4 Å². The third kappa shape index (κ3) is 7.02. The third-order valence-corrected chi connectivity index (χ3v) is 13.0. The van der Waals surface area contributed by atoms with Crippen molar-refractivity contribution in [2.45, 2.75) is 0 Å². The fourth-order valence-corrected chi connectivity index (χ4v) is 9.89. The van der Waals surface area contributed by atoms with Crippen molar-refractivity contribution in [1.82, 2.24) is 4.57 Å². The number of hydrogen-bond acceptors (Lipinski definition) is 1. The molecule has 2 heteroatoms. The molecular formula is C64H44N2. The molecule has 1 heterocycles. The second-order valence-corrected chi connectivity index (χ2v) is 16.9. The Hall–Kier alpha value is -8.72. The average molecular weight is 841 g/mol. The van der Waals surface area contributed by atoms with Gasteiger partial charge in [-0.1, -0.05) is 206 Å². The number of fused-ring (bicyclic) bond motifs is 4. The van der Waals surface area contributed by atoms with Crippen LogP contribution < -0.4 is 4.90 Å². The Kier molecular flexibility index (Phi) is 9.89. The summed E-state index contributed by atoms with van der Waals surface area (Å²) in [5, 5.41) is 4.95. The average Bonchev–Trinajstić information content (AvgIpc) is 3.74. The van der Waals surface area contributed by atoms with Gasteiger partial charge in [0.1, 0.15) is 0 Å². The number of para-hydroxylation sites is 2. The molecular weight excluding hydrogens is 797 g/mol. The van der Waals surface area contributed by atoms with E-state index in [9.17, 15) is 0 Å². The third-order valence-electron chi connectivity index (χ3n) is 13.0.